The van der Waals surface area contributed by atoms with Crippen molar-refractivity contribution in [2.24, 2.45) is 0 Å². The Morgan fingerprint density at radius 1 is 1.62 bits per heavy atom. The van der Waals surface area contributed by atoms with E-state index in [2.05, 4.69) is 15.9 Å². The van der Waals surface area contributed by atoms with Gasteiger partial charge in [0, 0.05) is 10.0 Å². The normalized spacial score (nSPS) is 13.9. The number of halogens is 1. The van der Waals surface area contributed by atoms with Crippen molar-refractivity contribution in [2.75, 3.05) is 19.5 Å². The largest absolute Gasteiger partial charge is 0.492 e. The van der Waals surface area contributed by atoms with Crippen molar-refractivity contribution >= 4 is 27.6 Å². The molecule has 2 rings (SSSR count). The Morgan fingerprint density at radius 2 is 2.38 bits per heavy atom. The summed E-state index contributed by atoms with van der Waals surface area (Å²) in [5.41, 5.74) is 7.89. The molecule has 2 N–H and O–H groups in total. The summed E-state index contributed by atoms with van der Waals surface area (Å²) in [5.74, 6) is 0.164. The van der Waals surface area contributed by atoms with Crippen LogP contribution in [-0.4, -0.2) is 19.7 Å². The molecule has 0 unspecified atom stereocenters. The number of carbonyl (C=O) groups excluding carboxylic acids is 1. The highest BCUT2D eigenvalue weighted by atomic mass is 79.9. The van der Waals surface area contributed by atoms with Crippen molar-refractivity contribution in [1.29, 1.82) is 0 Å². The predicted octanol–water partition coefficient (Wildman–Crippen LogP) is 2.14. The van der Waals surface area contributed by atoms with Crippen LogP contribution in [0.15, 0.2) is 10.5 Å². The first-order chi connectivity index (χ1) is 7.65. The highest BCUT2D eigenvalue weighted by molar-refractivity contribution is 9.10. The molecular weight excluding hydrogens is 274 g/mol. The van der Waals surface area contributed by atoms with Gasteiger partial charge in [-0.1, -0.05) is 0 Å². The van der Waals surface area contributed by atoms with E-state index >= 15 is 0 Å². The smallest absolute Gasteiger partial charge is 0.341 e. The van der Waals surface area contributed by atoms with Crippen LogP contribution < -0.4 is 10.5 Å². The summed E-state index contributed by atoms with van der Waals surface area (Å²) >= 11 is 3.33. The van der Waals surface area contributed by atoms with E-state index in [4.69, 9.17) is 15.2 Å². The number of nitrogen functional groups attached to an aromatic ring is 1. The molecule has 0 fully saturated rings. The van der Waals surface area contributed by atoms with Crippen molar-refractivity contribution in [3.63, 3.8) is 0 Å². The summed E-state index contributed by atoms with van der Waals surface area (Å²) in [7, 11) is 1.35. The van der Waals surface area contributed by atoms with Gasteiger partial charge >= 0.3 is 5.97 Å². The van der Waals surface area contributed by atoms with E-state index in [9.17, 15) is 4.79 Å². The minimum Gasteiger partial charge on any atom is -0.492 e. The first kappa shape index (κ1) is 11.3. The van der Waals surface area contributed by atoms with Crippen LogP contribution in [-0.2, 0) is 11.2 Å². The van der Waals surface area contributed by atoms with Gasteiger partial charge in [-0.05, 0) is 34.8 Å². The minimum absolute atomic E-state index is 0.404. The van der Waals surface area contributed by atoms with Crippen LogP contribution in [0.5, 0.6) is 5.75 Å². The lowest BCUT2D eigenvalue weighted by atomic mass is 10.0. The number of esters is 1. The molecule has 0 atom stereocenters. The number of nitrogens with two attached hydrogens (primary N) is 1. The summed E-state index contributed by atoms with van der Waals surface area (Å²) in [6, 6.07) is 1.64. The van der Waals surface area contributed by atoms with Gasteiger partial charge in [0.05, 0.1) is 19.4 Å². The second-order valence-corrected chi connectivity index (χ2v) is 4.43. The minimum atomic E-state index is -0.404. The molecule has 0 saturated carbocycles. The summed E-state index contributed by atoms with van der Waals surface area (Å²) in [5, 5.41) is 0. The third-order valence-corrected chi connectivity index (χ3v) is 3.25. The van der Waals surface area contributed by atoms with Crippen molar-refractivity contribution in [3.05, 3.63) is 21.7 Å². The van der Waals surface area contributed by atoms with Crippen LogP contribution >= 0.6 is 15.9 Å². The van der Waals surface area contributed by atoms with Crippen molar-refractivity contribution in [1.82, 2.24) is 0 Å². The quantitative estimate of drug-likeness (QED) is 0.634. The van der Waals surface area contributed by atoms with Gasteiger partial charge in [0.1, 0.15) is 11.3 Å². The van der Waals surface area contributed by atoms with E-state index in [1.54, 1.807) is 6.07 Å². The molecule has 0 aromatic heterocycles. The average Bonchev–Trinajstić information content (AvgIpc) is 2.33. The summed E-state index contributed by atoms with van der Waals surface area (Å²) in [6.45, 7) is 0.609. The van der Waals surface area contributed by atoms with Crippen LogP contribution in [0.4, 0.5) is 5.69 Å². The van der Waals surface area contributed by atoms with Crippen molar-refractivity contribution in [3.8, 4) is 5.75 Å². The Labute approximate surface area is 102 Å². The molecule has 5 heteroatoms. The summed E-state index contributed by atoms with van der Waals surface area (Å²) in [6.07, 6.45) is 1.73. The summed E-state index contributed by atoms with van der Waals surface area (Å²) < 4.78 is 10.9. The zero-order valence-corrected chi connectivity index (χ0v) is 10.5. The number of anilines is 1. The lowest BCUT2D eigenvalue weighted by Gasteiger charge is -2.22. The molecule has 86 valence electrons. The summed E-state index contributed by atoms with van der Waals surface area (Å²) in [4.78, 5) is 11.6. The van der Waals surface area contributed by atoms with Crippen molar-refractivity contribution in [2.45, 2.75) is 12.8 Å². The van der Waals surface area contributed by atoms with E-state index in [1.807, 2.05) is 0 Å². The monoisotopic (exact) mass is 285 g/mol. The fourth-order valence-electron chi connectivity index (χ4n) is 1.80. The zero-order valence-electron chi connectivity index (χ0n) is 8.88. The molecule has 0 aliphatic carbocycles. The second-order valence-electron chi connectivity index (χ2n) is 3.57. The maximum atomic E-state index is 11.6. The standard InChI is InChI=1S/C11H12BrNO3/c1-15-11(14)7-5-8(12)9(13)6-3-2-4-16-10(6)7/h5H,2-4,13H2,1H3. The molecule has 0 radical (unpaired) electrons. The molecule has 0 spiro atoms. The molecule has 0 bridgehead atoms. The lowest BCUT2D eigenvalue weighted by molar-refractivity contribution is 0.0595. The van der Waals surface area contributed by atoms with Crippen molar-refractivity contribution < 1.29 is 14.3 Å². The molecular formula is C11H12BrNO3. The molecule has 16 heavy (non-hydrogen) atoms. The average molecular weight is 286 g/mol. The molecule has 1 aliphatic rings. The molecule has 0 saturated heterocycles. The topological polar surface area (TPSA) is 61.5 Å². The lowest BCUT2D eigenvalue weighted by Crippen LogP contribution is -2.15. The Balaban J connectivity index is 2.61. The molecule has 1 heterocycles. The molecule has 0 amide bonds. The third-order valence-electron chi connectivity index (χ3n) is 2.60. The number of benzene rings is 1. The highest BCUT2D eigenvalue weighted by Crippen LogP contribution is 2.38. The molecule has 4 nitrogen and oxygen atoms in total. The Kier molecular flexibility index (Phi) is 3.05. The maximum Gasteiger partial charge on any atom is 0.341 e. The van der Waals surface area contributed by atoms with Crippen LogP contribution in [0.25, 0.3) is 0 Å². The Hall–Kier alpha value is -1.23. The molecule has 1 aliphatic heterocycles. The number of hydrogen-bond donors (Lipinski definition) is 1. The van der Waals surface area contributed by atoms with Crippen LogP contribution in [0.3, 0.4) is 0 Å². The van der Waals surface area contributed by atoms with Gasteiger partial charge in [-0.25, -0.2) is 4.79 Å². The maximum absolute atomic E-state index is 11.6. The number of hydrogen-bond acceptors (Lipinski definition) is 4. The fraction of sp³-hybridized carbons (Fsp3) is 0.364. The number of rotatable bonds is 1. The Bertz CT molecular complexity index is 445. The van der Waals surface area contributed by atoms with E-state index < -0.39 is 5.97 Å². The van der Waals surface area contributed by atoms with Gasteiger partial charge in [0.15, 0.2) is 0 Å². The second kappa shape index (κ2) is 4.33. The van der Waals surface area contributed by atoms with Gasteiger partial charge in [0.25, 0.3) is 0 Å². The van der Waals surface area contributed by atoms with Gasteiger partial charge in [-0.15, -0.1) is 0 Å². The van der Waals surface area contributed by atoms with Crippen LogP contribution in [0.2, 0.25) is 0 Å². The highest BCUT2D eigenvalue weighted by Gasteiger charge is 2.23. The first-order valence-corrected chi connectivity index (χ1v) is 5.76. The number of fused-ring (bicyclic) bond motifs is 1. The molecule has 1 aromatic rings. The number of methoxy groups -OCH3 is 1. The Morgan fingerprint density at radius 3 is 3.06 bits per heavy atom. The van der Waals surface area contributed by atoms with E-state index in [0.29, 0.717) is 28.1 Å². The zero-order chi connectivity index (χ0) is 11.7. The van der Waals surface area contributed by atoms with Gasteiger partial charge in [0.2, 0.25) is 0 Å². The third kappa shape index (κ3) is 1.75. The van der Waals surface area contributed by atoms with Crippen LogP contribution in [0, 0.1) is 0 Å². The van der Waals surface area contributed by atoms with E-state index in [0.717, 1.165) is 18.4 Å². The van der Waals surface area contributed by atoms with E-state index in [1.165, 1.54) is 7.11 Å². The predicted molar refractivity (Wildman–Crippen MR) is 63.7 cm³/mol. The SMILES string of the molecule is COC(=O)c1cc(Br)c(N)c2c1OCCC2. The number of carbonyl (C=O) groups is 1. The first-order valence-electron chi connectivity index (χ1n) is 4.97. The van der Waals surface area contributed by atoms with Gasteiger partial charge in [-0.3, -0.25) is 0 Å². The fourth-order valence-corrected chi connectivity index (χ4v) is 2.27. The van der Waals surface area contributed by atoms with Gasteiger partial charge in [-0.2, -0.15) is 0 Å². The number of ether oxygens (including phenoxy) is 2. The molecule has 1 aromatic carbocycles. The van der Waals surface area contributed by atoms with Crippen LogP contribution in [0.1, 0.15) is 22.3 Å². The van der Waals surface area contributed by atoms with E-state index in [-0.39, 0.29) is 0 Å². The van der Waals surface area contributed by atoms with Gasteiger partial charge < -0.3 is 15.2 Å².